The molecule has 0 atom stereocenters. The van der Waals surface area contributed by atoms with E-state index in [1.807, 2.05) is 0 Å². The van der Waals surface area contributed by atoms with E-state index in [9.17, 15) is 0 Å². The Bertz CT molecular complexity index is 439. The molecule has 0 amide bonds. The van der Waals surface area contributed by atoms with Crippen molar-refractivity contribution >= 4 is 18.2 Å². The first-order valence-corrected chi connectivity index (χ1v) is 5.79. The number of benzene rings is 1. The smallest absolute Gasteiger partial charge is 0.00917 e. The van der Waals surface area contributed by atoms with Gasteiger partial charge in [0.1, 0.15) is 0 Å². The number of rotatable bonds is 1. The first-order valence-electron chi connectivity index (χ1n) is 5.35. The second kappa shape index (κ2) is 4.28. The Morgan fingerprint density at radius 2 is 2.00 bits per heavy atom. The van der Waals surface area contributed by atoms with E-state index in [0.717, 1.165) is 12.8 Å². The Hall–Kier alpha value is -0.950. The highest BCUT2D eigenvalue weighted by Crippen LogP contribution is 2.31. The monoisotopic (exact) mass is 216 g/mol. The summed E-state index contributed by atoms with van der Waals surface area (Å²) in [6.07, 6.45) is 6.62. The van der Waals surface area contributed by atoms with Gasteiger partial charge in [-0.15, -0.1) is 12.6 Å². The summed E-state index contributed by atoms with van der Waals surface area (Å²) in [4.78, 5) is 1.21. The van der Waals surface area contributed by atoms with Crippen LogP contribution in [0.25, 0.3) is 5.57 Å². The van der Waals surface area contributed by atoms with Crippen molar-refractivity contribution in [2.75, 3.05) is 0 Å². The van der Waals surface area contributed by atoms with Crippen molar-refractivity contribution in [1.82, 2.24) is 0 Å². The van der Waals surface area contributed by atoms with Crippen LogP contribution in [-0.4, -0.2) is 0 Å². The van der Waals surface area contributed by atoms with Gasteiger partial charge in [0.15, 0.2) is 0 Å². The Morgan fingerprint density at radius 3 is 2.67 bits per heavy atom. The van der Waals surface area contributed by atoms with Gasteiger partial charge in [-0.05, 0) is 48.3 Å². The van der Waals surface area contributed by atoms with E-state index in [4.69, 9.17) is 0 Å². The van der Waals surface area contributed by atoms with Crippen LogP contribution in [-0.2, 0) is 0 Å². The molecule has 0 saturated heterocycles. The van der Waals surface area contributed by atoms with Crippen LogP contribution in [0.2, 0.25) is 0 Å². The van der Waals surface area contributed by atoms with Gasteiger partial charge < -0.3 is 0 Å². The van der Waals surface area contributed by atoms with Crippen LogP contribution in [0.15, 0.2) is 35.3 Å². The minimum atomic E-state index is 1.07. The second-order valence-electron chi connectivity index (χ2n) is 4.12. The van der Waals surface area contributed by atoms with E-state index in [2.05, 4.69) is 56.8 Å². The molecule has 0 unspecified atom stereocenters. The van der Waals surface area contributed by atoms with Crippen molar-refractivity contribution in [1.29, 1.82) is 0 Å². The third-order valence-corrected chi connectivity index (χ3v) is 3.28. The molecule has 0 bridgehead atoms. The third-order valence-electron chi connectivity index (χ3n) is 2.82. The highest BCUT2D eigenvalue weighted by molar-refractivity contribution is 7.84. The molecule has 0 radical (unpaired) electrons. The summed E-state index contributed by atoms with van der Waals surface area (Å²) in [6.45, 7) is 4.29. The molecule has 0 nitrogen and oxygen atoms in total. The van der Waals surface area contributed by atoms with Crippen LogP contribution in [0, 0.1) is 13.8 Å². The van der Waals surface area contributed by atoms with Crippen molar-refractivity contribution in [3.8, 4) is 0 Å². The van der Waals surface area contributed by atoms with Crippen molar-refractivity contribution in [3.63, 3.8) is 0 Å². The molecule has 15 heavy (non-hydrogen) atoms. The highest BCUT2D eigenvalue weighted by atomic mass is 32.1. The molecular formula is C14H16S. The minimum Gasteiger partial charge on any atom is -0.147 e. The average molecular weight is 216 g/mol. The fourth-order valence-corrected chi connectivity index (χ4v) is 2.34. The molecule has 1 aromatic rings. The fraction of sp³-hybridized carbons (Fsp3) is 0.286. The molecule has 0 aliphatic heterocycles. The first kappa shape index (κ1) is 10.6. The standard InChI is InChI=1S/C14H16S/c1-10-7-8-12(11(2)9-10)13-5-3-4-6-14(13)15/h3,5,7-9,15H,4,6H2,1-2H3. The van der Waals surface area contributed by atoms with Crippen LogP contribution in [0.3, 0.4) is 0 Å². The summed E-state index contributed by atoms with van der Waals surface area (Å²) >= 11 is 4.57. The lowest BCUT2D eigenvalue weighted by Gasteiger charge is -2.14. The molecule has 78 valence electrons. The maximum absolute atomic E-state index is 4.57. The number of aryl methyl sites for hydroxylation is 2. The zero-order valence-electron chi connectivity index (χ0n) is 9.25. The van der Waals surface area contributed by atoms with Crippen LogP contribution in [0.1, 0.15) is 29.5 Å². The average Bonchev–Trinajstić information content (AvgIpc) is 2.20. The zero-order chi connectivity index (χ0) is 10.8. The predicted molar refractivity (Wildman–Crippen MR) is 70.2 cm³/mol. The molecule has 0 N–H and O–H groups in total. The van der Waals surface area contributed by atoms with Crippen molar-refractivity contribution in [2.24, 2.45) is 0 Å². The quantitative estimate of drug-likeness (QED) is 0.665. The Morgan fingerprint density at radius 1 is 1.20 bits per heavy atom. The zero-order valence-corrected chi connectivity index (χ0v) is 10.1. The maximum atomic E-state index is 4.57. The van der Waals surface area contributed by atoms with Gasteiger partial charge in [-0.1, -0.05) is 35.9 Å². The number of allylic oxidation sites excluding steroid dienone is 4. The first-order chi connectivity index (χ1) is 7.18. The van der Waals surface area contributed by atoms with Gasteiger partial charge in [0.25, 0.3) is 0 Å². The summed E-state index contributed by atoms with van der Waals surface area (Å²) in [5, 5.41) is 0. The lowest BCUT2D eigenvalue weighted by molar-refractivity contribution is 1.03. The van der Waals surface area contributed by atoms with Crippen LogP contribution >= 0.6 is 12.6 Å². The number of hydrogen-bond acceptors (Lipinski definition) is 1. The molecular weight excluding hydrogens is 200 g/mol. The molecule has 0 spiro atoms. The minimum absolute atomic E-state index is 1.07. The molecule has 1 heteroatoms. The largest absolute Gasteiger partial charge is 0.147 e. The molecule has 0 heterocycles. The van der Waals surface area contributed by atoms with Crippen LogP contribution < -0.4 is 0 Å². The highest BCUT2D eigenvalue weighted by Gasteiger charge is 2.09. The summed E-state index contributed by atoms with van der Waals surface area (Å²) in [7, 11) is 0. The third kappa shape index (κ3) is 2.18. The van der Waals surface area contributed by atoms with Crippen molar-refractivity contribution < 1.29 is 0 Å². The Balaban J connectivity index is 2.50. The van der Waals surface area contributed by atoms with Crippen LogP contribution in [0.5, 0.6) is 0 Å². The van der Waals surface area contributed by atoms with E-state index in [-0.39, 0.29) is 0 Å². The fourth-order valence-electron chi connectivity index (χ4n) is 2.01. The van der Waals surface area contributed by atoms with Gasteiger partial charge in [0.05, 0.1) is 0 Å². The van der Waals surface area contributed by atoms with Crippen LogP contribution in [0.4, 0.5) is 0 Å². The van der Waals surface area contributed by atoms with Gasteiger partial charge in [-0.3, -0.25) is 0 Å². The summed E-state index contributed by atoms with van der Waals surface area (Å²) in [5.41, 5.74) is 5.27. The molecule has 0 aromatic heterocycles. The van der Waals surface area contributed by atoms with Crippen molar-refractivity contribution in [2.45, 2.75) is 26.7 Å². The van der Waals surface area contributed by atoms with E-state index in [1.54, 1.807) is 0 Å². The molecule has 2 rings (SSSR count). The predicted octanol–water partition coefficient (Wildman–Crippen LogP) is 4.29. The Labute approximate surface area is 97.1 Å². The van der Waals surface area contributed by atoms with E-state index in [0.29, 0.717) is 0 Å². The lowest BCUT2D eigenvalue weighted by atomic mass is 9.94. The van der Waals surface area contributed by atoms with Gasteiger partial charge in [0, 0.05) is 0 Å². The summed E-state index contributed by atoms with van der Waals surface area (Å²) < 4.78 is 0. The SMILES string of the molecule is Cc1ccc(C2=C(S)CCC=C2)c(C)c1. The number of thiol groups is 1. The second-order valence-corrected chi connectivity index (χ2v) is 4.66. The molecule has 1 aliphatic carbocycles. The number of hydrogen-bond donors (Lipinski definition) is 1. The van der Waals surface area contributed by atoms with E-state index < -0.39 is 0 Å². The maximum Gasteiger partial charge on any atom is -0.00917 e. The van der Waals surface area contributed by atoms with Crippen molar-refractivity contribution in [3.05, 3.63) is 51.9 Å². The van der Waals surface area contributed by atoms with Gasteiger partial charge >= 0.3 is 0 Å². The molecule has 1 aromatic carbocycles. The van der Waals surface area contributed by atoms with E-state index in [1.165, 1.54) is 27.2 Å². The summed E-state index contributed by atoms with van der Waals surface area (Å²) in [5.74, 6) is 0. The summed E-state index contributed by atoms with van der Waals surface area (Å²) in [6, 6.07) is 6.59. The topological polar surface area (TPSA) is 0 Å². The van der Waals surface area contributed by atoms with Gasteiger partial charge in [-0.2, -0.15) is 0 Å². The molecule has 1 aliphatic rings. The molecule has 0 saturated carbocycles. The lowest BCUT2D eigenvalue weighted by Crippen LogP contribution is -1.93. The van der Waals surface area contributed by atoms with E-state index >= 15 is 0 Å². The van der Waals surface area contributed by atoms with Gasteiger partial charge in [0.2, 0.25) is 0 Å². The Kier molecular flexibility index (Phi) is 3.01. The molecule has 0 fully saturated rings. The normalized spacial score (nSPS) is 15.9. The van der Waals surface area contributed by atoms with Gasteiger partial charge in [-0.25, -0.2) is 0 Å².